The van der Waals surface area contributed by atoms with E-state index in [0.29, 0.717) is 51.1 Å². The van der Waals surface area contributed by atoms with Gasteiger partial charge < -0.3 is 15.2 Å². The first-order valence-corrected chi connectivity index (χ1v) is 13.5. The van der Waals surface area contributed by atoms with Gasteiger partial charge in [-0.25, -0.2) is 8.42 Å². The third kappa shape index (κ3) is 4.60. The summed E-state index contributed by atoms with van der Waals surface area (Å²) in [4.78, 5) is 12.9. The van der Waals surface area contributed by atoms with Crippen molar-refractivity contribution >= 4 is 15.9 Å². The lowest BCUT2D eigenvalue weighted by molar-refractivity contribution is -0.169. The van der Waals surface area contributed by atoms with Crippen molar-refractivity contribution in [1.82, 2.24) is 9.62 Å². The highest BCUT2D eigenvalue weighted by atomic mass is 32.2. The molecule has 5 fully saturated rings. The van der Waals surface area contributed by atoms with Gasteiger partial charge in [-0.05, 0) is 66.9 Å². The SMILES string of the molecule is O=C(CC12CC3CC(CC(O)(C3)C1)C2)NCc1ccccc1CS(=O)(=O)N1CCOCC1. The Labute approximate surface area is 190 Å². The maximum absolute atomic E-state index is 12.9. The number of sulfonamides is 1. The second-order valence-corrected chi connectivity index (χ2v) is 12.6. The number of hydrogen-bond acceptors (Lipinski definition) is 5. The highest BCUT2D eigenvalue weighted by Crippen LogP contribution is 2.62. The molecule has 2 atom stereocenters. The number of carbonyl (C=O) groups excluding carboxylic acids is 1. The van der Waals surface area contributed by atoms with E-state index in [1.807, 2.05) is 24.3 Å². The fourth-order valence-electron chi connectivity index (χ4n) is 7.19. The highest BCUT2D eigenvalue weighted by Gasteiger charge is 2.57. The molecule has 8 heteroatoms. The Bertz CT molecular complexity index is 958. The normalized spacial score (nSPS) is 34.5. The lowest BCUT2D eigenvalue weighted by atomic mass is 9.47. The van der Waals surface area contributed by atoms with E-state index in [0.717, 1.165) is 43.2 Å². The van der Waals surface area contributed by atoms with Gasteiger partial charge in [0.05, 0.1) is 24.6 Å². The maximum Gasteiger partial charge on any atom is 0.220 e. The molecule has 2 N–H and O–H groups in total. The number of benzene rings is 1. The van der Waals surface area contributed by atoms with Crippen molar-refractivity contribution in [1.29, 1.82) is 0 Å². The number of hydrogen-bond donors (Lipinski definition) is 2. The van der Waals surface area contributed by atoms with Crippen LogP contribution in [-0.4, -0.2) is 55.6 Å². The van der Waals surface area contributed by atoms with E-state index in [4.69, 9.17) is 4.74 Å². The second-order valence-electron chi connectivity index (χ2n) is 10.7. The van der Waals surface area contributed by atoms with Gasteiger partial charge in [-0.2, -0.15) is 4.31 Å². The molecule has 7 nitrogen and oxygen atoms in total. The summed E-state index contributed by atoms with van der Waals surface area (Å²) in [6.07, 6.45) is 6.30. The fourth-order valence-corrected chi connectivity index (χ4v) is 8.75. The molecule has 1 aromatic rings. The Kier molecular flexibility index (Phi) is 5.85. The van der Waals surface area contributed by atoms with Crippen LogP contribution in [0.1, 0.15) is 56.1 Å². The van der Waals surface area contributed by atoms with Gasteiger partial charge in [0.15, 0.2) is 0 Å². The molecule has 1 saturated heterocycles. The van der Waals surface area contributed by atoms with E-state index in [2.05, 4.69) is 5.32 Å². The summed E-state index contributed by atoms with van der Waals surface area (Å²) in [5, 5.41) is 14.0. The summed E-state index contributed by atoms with van der Waals surface area (Å²) in [6.45, 7) is 1.95. The topological polar surface area (TPSA) is 95.9 Å². The average Bonchev–Trinajstić information content (AvgIpc) is 2.71. The zero-order valence-electron chi connectivity index (χ0n) is 18.6. The first-order valence-electron chi connectivity index (χ1n) is 11.9. The van der Waals surface area contributed by atoms with Gasteiger partial charge in [0.25, 0.3) is 0 Å². The quantitative estimate of drug-likeness (QED) is 0.648. The number of amides is 1. The van der Waals surface area contributed by atoms with Gasteiger partial charge in [0.2, 0.25) is 15.9 Å². The van der Waals surface area contributed by atoms with Gasteiger partial charge in [-0.3, -0.25) is 4.79 Å². The molecule has 4 aliphatic carbocycles. The molecule has 0 spiro atoms. The Hall–Kier alpha value is -1.48. The summed E-state index contributed by atoms with van der Waals surface area (Å²) in [6, 6.07) is 7.43. The number of ether oxygens (including phenoxy) is 1. The Morgan fingerprint density at radius 2 is 1.75 bits per heavy atom. The largest absolute Gasteiger partial charge is 0.390 e. The number of morpholine rings is 1. The van der Waals surface area contributed by atoms with Crippen LogP contribution in [0, 0.1) is 17.3 Å². The minimum absolute atomic E-state index is 0.00129. The van der Waals surface area contributed by atoms with Crippen molar-refractivity contribution in [3.63, 3.8) is 0 Å². The fraction of sp³-hybridized carbons (Fsp3) is 0.708. The Morgan fingerprint density at radius 3 is 2.41 bits per heavy atom. The zero-order chi connectivity index (χ0) is 22.4. The van der Waals surface area contributed by atoms with Gasteiger partial charge in [-0.1, -0.05) is 24.3 Å². The predicted octanol–water partition coefficient (Wildman–Crippen LogP) is 2.19. The van der Waals surface area contributed by atoms with Crippen LogP contribution in [-0.2, 0) is 31.9 Å². The molecule has 176 valence electrons. The number of aliphatic hydroxyl groups is 1. The Balaban J connectivity index is 1.22. The first-order chi connectivity index (χ1) is 15.2. The van der Waals surface area contributed by atoms with Crippen molar-refractivity contribution in [3.8, 4) is 0 Å². The maximum atomic E-state index is 12.9. The summed E-state index contributed by atoms with van der Waals surface area (Å²) in [7, 11) is -3.43. The third-order valence-electron chi connectivity index (χ3n) is 7.98. The second kappa shape index (κ2) is 8.38. The van der Waals surface area contributed by atoms with Crippen LogP contribution in [0.15, 0.2) is 24.3 Å². The van der Waals surface area contributed by atoms with Gasteiger partial charge in [-0.15, -0.1) is 0 Å². The number of carbonyl (C=O) groups is 1. The lowest BCUT2D eigenvalue weighted by Gasteiger charge is -2.60. The van der Waals surface area contributed by atoms with E-state index >= 15 is 0 Å². The van der Waals surface area contributed by atoms with Crippen LogP contribution in [0.2, 0.25) is 0 Å². The Morgan fingerprint density at radius 1 is 1.09 bits per heavy atom. The van der Waals surface area contributed by atoms with E-state index in [9.17, 15) is 18.3 Å². The molecular weight excluding hydrogens is 428 g/mol. The van der Waals surface area contributed by atoms with Crippen LogP contribution >= 0.6 is 0 Å². The van der Waals surface area contributed by atoms with E-state index in [1.54, 1.807) is 0 Å². The van der Waals surface area contributed by atoms with Crippen molar-refractivity contribution in [3.05, 3.63) is 35.4 Å². The van der Waals surface area contributed by atoms with Gasteiger partial charge in [0.1, 0.15) is 0 Å². The van der Waals surface area contributed by atoms with E-state index < -0.39 is 15.6 Å². The van der Waals surface area contributed by atoms with Gasteiger partial charge in [0, 0.05) is 26.1 Å². The molecule has 0 aromatic heterocycles. The first kappa shape index (κ1) is 22.3. The monoisotopic (exact) mass is 462 g/mol. The van der Waals surface area contributed by atoms with Gasteiger partial charge >= 0.3 is 0 Å². The van der Waals surface area contributed by atoms with Crippen LogP contribution in [0.25, 0.3) is 0 Å². The molecule has 4 saturated carbocycles. The minimum Gasteiger partial charge on any atom is -0.390 e. The summed E-state index contributed by atoms with van der Waals surface area (Å²) < 4.78 is 32.5. The van der Waals surface area contributed by atoms with E-state index in [-0.39, 0.29) is 17.1 Å². The van der Waals surface area contributed by atoms with Crippen molar-refractivity contribution in [2.45, 2.75) is 62.8 Å². The molecule has 4 bridgehead atoms. The molecule has 1 amide bonds. The smallest absolute Gasteiger partial charge is 0.220 e. The van der Waals surface area contributed by atoms with Crippen LogP contribution in [0.4, 0.5) is 0 Å². The number of nitrogens with zero attached hydrogens (tertiary/aromatic N) is 1. The average molecular weight is 463 g/mol. The van der Waals surface area contributed by atoms with Crippen molar-refractivity contribution < 1.29 is 23.1 Å². The molecule has 5 aliphatic rings. The molecule has 1 aromatic carbocycles. The van der Waals surface area contributed by atoms with E-state index in [1.165, 1.54) is 10.7 Å². The van der Waals surface area contributed by atoms with Crippen LogP contribution in [0.3, 0.4) is 0 Å². The standard InChI is InChI=1S/C24H34N2O5S/c27-22(14-23-10-18-9-19(11-23)13-24(28,12-18)17-23)25-15-20-3-1-2-4-21(20)16-32(29,30)26-5-7-31-8-6-26/h1-4,18-19,28H,5-17H2,(H,25,27). The summed E-state index contributed by atoms with van der Waals surface area (Å²) >= 11 is 0. The summed E-state index contributed by atoms with van der Waals surface area (Å²) in [5.74, 6) is 1.04. The van der Waals surface area contributed by atoms with Crippen LogP contribution in [0.5, 0.6) is 0 Å². The number of rotatable bonds is 7. The molecular formula is C24H34N2O5S. The minimum atomic E-state index is -3.43. The lowest BCUT2D eigenvalue weighted by Crippen LogP contribution is -2.56. The van der Waals surface area contributed by atoms with Crippen molar-refractivity contribution in [2.75, 3.05) is 26.3 Å². The molecule has 2 unspecified atom stereocenters. The highest BCUT2D eigenvalue weighted by molar-refractivity contribution is 7.88. The number of nitrogens with one attached hydrogen (secondary N) is 1. The predicted molar refractivity (Wildman–Crippen MR) is 120 cm³/mol. The van der Waals surface area contributed by atoms with Crippen molar-refractivity contribution in [2.24, 2.45) is 17.3 Å². The molecule has 1 aliphatic heterocycles. The zero-order valence-corrected chi connectivity index (χ0v) is 19.4. The summed E-state index contributed by atoms with van der Waals surface area (Å²) in [5.41, 5.74) is 0.928. The molecule has 0 radical (unpaired) electrons. The molecule has 1 heterocycles. The molecule has 32 heavy (non-hydrogen) atoms. The van der Waals surface area contributed by atoms with Crippen LogP contribution < -0.4 is 5.32 Å². The third-order valence-corrected chi connectivity index (χ3v) is 9.81. The molecule has 6 rings (SSSR count).